The smallest absolute Gasteiger partial charge is 0.268 e. The van der Waals surface area contributed by atoms with Crippen molar-refractivity contribution in [3.05, 3.63) is 46.1 Å². The summed E-state index contributed by atoms with van der Waals surface area (Å²) >= 11 is 3.41. The number of hydrogen-bond acceptors (Lipinski definition) is 2. The summed E-state index contributed by atoms with van der Waals surface area (Å²) in [6, 6.07) is 5.67. The Morgan fingerprint density at radius 2 is 2.05 bits per heavy atom. The molecular formula is C15H19BrN2O2. The van der Waals surface area contributed by atoms with Crippen molar-refractivity contribution in [2.45, 2.75) is 39.8 Å². The number of nitrogens with zero attached hydrogens (tertiary/aromatic N) is 1. The molecule has 2 aromatic heterocycles. The van der Waals surface area contributed by atoms with E-state index >= 15 is 0 Å². The fraction of sp³-hybridized carbons (Fsp3) is 0.400. The van der Waals surface area contributed by atoms with Crippen LogP contribution in [0.15, 0.2) is 33.3 Å². The number of aromatic nitrogens is 1. The van der Waals surface area contributed by atoms with Crippen molar-refractivity contribution >= 4 is 21.8 Å². The fourth-order valence-electron chi connectivity index (χ4n) is 2.08. The van der Waals surface area contributed by atoms with Gasteiger partial charge < -0.3 is 14.3 Å². The van der Waals surface area contributed by atoms with Gasteiger partial charge in [0.05, 0.1) is 6.04 Å². The Morgan fingerprint density at radius 3 is 2.60 bits per heavy atom. The highest BCUT2D eigenvalue weighted by molar-refractivity contribution is 9.10. The van der Waals surface area contributed by atoms with Crippen LogP contribution in [-0.4, -0.2) is 10.5 Å². The third-order valence-corrected chi connectivity index (χ3v) is 3.57. The summed E-state index contributed by atoms with van der Waals surface area (Å²) in [6.45, 7) is 7.89. The highest BCUT2D eigenvalue weighted by Crippen LogP contribution is 2.21. The van der Waals surface area contributed by atoms with E-state index in [1.165, 1.54) is 0 Å². The second kappa shape index (κ2) is 5.87. The summed E-state index contributed by atoms with van der Waals surface area (Å²) in [5.74, 6) is 1.50. The molecule has 0 radical (unpaired) electrons. The Labute approximate surface area is 127 Å². The van der Waals surface area contributed by atoms with Crippen LogP contribution < -0.4 is 5.32 Å². The van der Waals surface area contributed by atoms with Gasteiger partial charge in [-0.15, -0.1) is 0 Å². The maximum atomic E-state index is 12.4. The molecule has 1 unspecified atom stereocenters. The highest BCUT2D eigenvalue weighted by atomic mass is 79.9. The first-order valence-corrected chi connectivity index (χ1v) is 7.42. The maximum Gasteiger partial charge on any atom is 0.268 e. The van der Waals surface area contributed by atoms with Gasteiger partial charge in [-0.25, -0.2) is 0 Å². The van der Waals surface area contributed by atoms with E-state index in [1.54, 1.807) is 0 Å². The van der Waals surface area contributed by atoms with Crippen molar-refractivity contribution in [2.24, 2.45) is 0 Å². The van der Waals surface area contributed by atoms with Crippen LogP contribution in [0.4, 0.5) is 0 Å². The second-order valence-electron chi connectivity index (χ2n) is 5.19. The van der Waals surface area contributed by atoms with Gasteiger partial charge in [0.15, 0.2) is 0 Å². The molecule has 0 saturated carbocycles. The fourth-order valence-corrected chi connectivity index (χ4v) is 2.52. The molecule has 4 nitrogen and oxygen atoms in total. The third kappa shape index (κ3) is 3.15. The van der Waals surface area contributed by atoms with Crippen LogP contribution in [0.1, 0.15) is 54.9 Å². The number of hydrogen-bond donors (Lipinski definition) is 1. The van der Waals surface area contributed by atoms with Gasteiger partial charge in [0, 0.05) is 16.7 Å². The number of rotatable bonds is 4. The topological polar surface area (TPSA) is 47.2 Å². The zero-order chi connectivity index (χ0) is 14.9. The lowest BCUT2D eigenvalue weighted by Crippen LogP contribution is -2.28. The molecule has 1 atom stereocenters. The number of carbonyl (C=O) groups is 1. The van der Waals surface area contributed by atoms with Gasteiger partial charge in [0.25, 0.3) is 5.91 Å². The molecule has 0 fully saturated rings. The van der Waals surface area contributed by atoms with Gasteiger partial charge in [-0.05, 0) is 61.8 Å². The Morgan fingerprint density at radius 1 is 1.35 bits per heavy atom. The first kappa shape index (κ1) is 14.9. The SMILES string of the molecule is Cc1ccc(C(C)NC(=O)c2cc(Br)cn2C(C)C)o1. The molecule has 1 amide bonds. The molecular weight excluding hydrogens is 320 g/mol. The molecule has 20 heavy (non-hydrogen) atoms. The first-order chi connectivity index (χ1) is 9.38. The van der Waals surface area contributed by atoms with Crippen LogP contribution in [0.5, 0.6) is 0 Å². The molecule has 108 valence electrons. The quantitative estimate of drug-likeness (QED) is 0.906. The second-order valence-corrected chi connectivity index (χ2v) is 6.10. The Bertz CT molecular complexity index is 613. The lowest BCUT2D eigenvalue weighted by Gasteiger charge is -2.15. The molecule has 5 heteroatoms. The van der Waals surface area contributed by atoms with E-state index in [9.17, 15) is 4.79 Å². The summed E-state index contributed by atoms with van der Waals surface area (Å²) in [5.41, 5.74) is 0.641. The van der Waals surface area contributed by atoms with Gasteiger partial charge in [-0.3, -0.25) is 4.79 Å². The average molecular weight is 339 g/mol. The van der Waals surface area contributed by atoms with E-state index in [0.717, 1.165) is 16.0 Å². The van der Waals surface area contributed by atoms with Crippen molar-refractivity contribution in [2.75, 3.05) is 0 Å². The van der Waals surface area contributed by atoms with Crippen LogP contribution in [0.2, 0.25) is 0 Å². The molecule has 0 saturated heterocycles. The number of carbonyl (C=O) groups excluding carboxylic acids is 1. The molecule has 0 aliphatic rings. The average Bonchev–Trinajstić information content (AvgIpc) is 2.95. The summed E-state index contributed by atoms with van der Waals surface area (Å²) in [6.07, 6.45) is 1.92. The normalized spacial score (nSPS) is 12.7. The number of furan rings is 1. The van der Waals surface area contributed by atoms with Gasteiger partial charge >= 0.3 is 0 Å². The molecule has 0 aliphatic heterocycles. The minimum atomic E-state index is -0.162. The Balaban J connectivity index is 2.16. The van der Waals surface area contributed by atoms with Crippen molar-refractivity contribution in [1.82, 2.24) is 9.88 Å². The highest BCUT2D eigenvalue weighted by Gasteiger charge is 2.18. The Hall–Kier alpha value is -1.49. The van der Waals surface area contributed by atoms with Crippen molar-refractivity contribution in [3.63, 3.8) is 0 Å². The number of halogens is 1. The predicted molar refractivity (Wildman–Crippen MR) is 81.8 cm³/mol. The summed E-state index contributed by atoms with van der Waals surface area (Å²) in [7, 11) is 0. The van der Waals surface area contributed by atoms with E-state index in [2.05, 4.69) is 21.2 Å². The van der Waals surface area contributed by atoms with E-state index in [-0.39, 0.29) is 18.0 Å². The van der Waals surface area contributed by atoms with Crippen molar-refractivity contribution in [3.8, 4) is 0 Å². The van der Waals surface area contributed by atoms with Crippen LogP contribution in [-0.2, 0) is 0 Å². The molecule has 1 N–H and O–H groups in total. The standard InChI is InChI=1S/C15H19BrN2O2/c1-9(2)18-8-12(16)7-13(18)15(19)17-11(4)14-6-5-10(3)20-14/h5-9,11H,1-4H3,(H,17,19). The zero-order valence-corrected chi connectivity index (χ0v) is 13.7. The molecule has 2 heterocycles. The molecule has 2 aromatic rings. The molecule has 0 aromatic carbocycles. The summed E-state index contributed by atoms with van der Waals surface area (Å²) in [4.78, 5) is 12.4. The van der Waals surface area contributed by atoms with Crippen LogP contribution in [0.3, 0.4) is 0 Å². The van der Waals surface area contributed by atoms with E-state index < -0.39 is 0 Å². The molecule has 2 rings (SSSR count). The predicted octanol–water partition coefficient (Wildman–Crippen LogP) is 4.22. The maximum absolute atomic E-state index is 12.4. The third-order valence-electron chi connectivity index (χ3n) is 3.14. The first-order valence-electron chi connectivity index (χ1n) is 6.63. The molecule has 0 spiro atoms. The lowest BCUT2D eigenvalue weighted by atomic mass is 10.2. The largest absolute Gasteiger partial charge is 0.464 e. The van der Waals surface area contributed by atoms with Crippen LogP contribution in [0.25, 0.3) is 0 Å². The van der Waals surface area contributed by atoms with Crippen LogP contribution >= 0.6 is 15.9 Å². The van der Waals surface area contributed by atoms with E-state index in [1.807, 2.05) is 56.7 Å². The molecule has 0 bridgehead atoms. The van der Waals surface area contributed by atoms with Gasteiger partial charge in [0.1, 0.15) is 17.2 Å². The minimum Gasteiger partial charge on any atom is -0.464 e. The minimum absolute atomic E-state index is 0.106. The van der Waals surface area contributed by atoms with Gasteiger partial charge in [0.2, 0.25) is 0 Å². The van der Waals surface area contributed by atoms with Gasteiger partial charge in [-0.2, -0.15) is 0 Å². The number of amides is 1. The summed E-state index contributed by atoms with van der Waals surface area (Å²) < 4.78 is 8.38. The van der Waals surface area contributed by atoms with Crippen molar-refractivity contribution < 1.29 is 9.21 Å². The zero-order valence-electron chi connectivity index (χ0n) is 12.1. The van der Waals surface area contributed by atoms with Gasteiger partial charge in [-0.1, -0.05) is 0 Å². The summed E-state index contributed by atoms with van der Waals surface area (Å²) in [5, 5.41) is 2.96. The number of aryl methyl sites for hydroxylation is 1. The molecule has 0 aliphatic carbocycles. The van der Waals surface area contributed by atoms with E-state index in [0.29, 0.717) is 5.69 Å². The number of nitrogens with one attached hydrogen (secondary N) is 1. The Kier molecular flexibility index (Phi) is 4.38. The van der Waals surface area contributed by atoms with E-state index in [4.69, 9.17) is 4.42 Å². The van der Waals surface area contributed by atoms with Crippen molar-refractivity contribution in [1.29, 1.82) is 0 Å². The van der Waals surface area contributed by atoms with Crippen LogP contribution in [0, 0.1) is 6.92 Å². The lowest BCUT2D eigenvalue weighted by molar-refractivity contribution is 0.0924. The monoisotopic (exact) mass is 338 g/mol.